The van der Waals surface area contributed by atoms with Crippen molar-refractivity contribution in [2.45, 2.75) is 28.7 Å². The summed E-state index contributed by atoms with van der Waals surface area (Å²) >= 11 is 6.04. The Morgan fingerprint density at radius 1 is 1.25 bits per heavy atom. The first-order valence-corrected chi connectivity index (χ1v) is 12.3. The number of hydrogen-bond acceptors (Lipinski definition) is 5. The maximum Gasteiger partial charge on any atom is 0.241 e. The third kappa shape index (κ3) is 3.71. The number of rotatable bonds is 6. The Labute approximate surface area is 172 Å². The van der Waals surface area contributed by atoms with Crippen LogP contribution < -0.4 is 14.9 Å². The van der Waals surface area contributed by atoms with Gasteiger partial charge in [-0.25, -0.2) is 13.1 Å². The van der Waals surface area contributed by atoms with Crippen molar-refractivity contribution in [3.05, 3.63) is 52.5 Å². The van der Waals surface area contributed by atoms with E-state index in [9.17, 15) is 12.6 Å². The van der Waals surface area contributed by atoms with Crippen LogP contribution in [0.5, 0.6) is 0 Å². The van der Waals surface area contributed by atoms with E-state index in [1.54, 1.807) is 12.1 Å². The Kier molecular flexibility index (Phi) is 5.50. The van der Waals surface area contributed by atoms with Gasteiger partial charge in [-0.1, -0.05) is 23.7 Å². The summed E-state index contributed by atoms with van der Waals surface area (Å²) in [6.45, 7) is 0.762. The number of hydrogen-bond donors (Lipinski definition) is 2. The van der Waals surface area contributed by atoms with Gasteiger partial charge in [-0.15, -0.1) is 0 Å². The zero-order valence-corrected chi connectivity index (χ0v) is 17.8. The number of anilines is 1. The molecule has 2 aliphatic rings. The molecule has 0 saturated heterocycles. The number of fused-ring (bicyclic) bond motifs is 2. The van der Waals surface area contributed by atoms with Crippen molar-refractivity contribution in [3.8, 4) is 0 Å². The molecule has 28 heavy (non-hydrogen) atoms. The topological polar surface area (TPSA) is 78.5 Å². The zero-order valence-electron chi connectivity index (χ0n) is 15.4. The van der Waals surface area contributed by atoms with Crippen molar-refractivity contribution >= 4 is 38.1 Å². The summed E-state index contributed by atoms with van der Waals surface area (Å²) < 4.78 is 40.5. The molecule has 2 aromatic rings. The quantitative estimate of drug-likeness (QED) is 0.676. The summed E-state index contributed by atoms with van der Waals surface area (Å²) in [5.74, 6) is 0.314. The minimum absolute atomic E-state index is 0.105. The summed E-state index contributed by atoms with van der Waals surface area (Å²) in [7, 11) is -3.26. The molecule has 1 aliphatic carbocycles. The Bertz CT molecular complexity index is 1040. The number of benzene rings is 2. The van der Waals surface area contributed by atoms with Gasteiger partial charge in [0.15, 0.2) is 0 Å². The highest BCUT2D eigenvalue weighted by Crippen LogP contribution is 2.35. The molecule has 2 unspecified atom stereocenters. The van der Waals surface area contributed by atoms with Crippen LogP contribution in [0, 0.1) is 0 Å². The zero-order chi connectivity index (χ0) is 19.9. The highest BCUT2D eigenvalue weighted by Gasteiger charge is 2.31. The standard InChI is InChI=1S/C19H22ClN3O3S2/c1-23-12-27(24)19-17(23)3-2-4-18(19)28(25,26)22-10-9-21-16-8-5-13-11-14(20)6-7-15(13)16/h2-4,6-7,11,16,21-22H,5,8-10,12H2,1H3. The maximum absolute atomic E-state index is 12.8. The highest BCUT2D eigenvalue weighted by atomic mass is 35.5. The van der Waals surface area contributed by atoms with Gasteiger partial charge in [-0.05, 0) is 48.2 Å². The van der Waals surface area contributed by atoms with Gasteiger partial charge in [-0.3, -0.25) is 4.21 Å². The predicted molar refractivity (Wildman–Crippen MR) is 112 cm³/mol. The number of nitrogens with zero attached hydrogens (tertiary/aromatic N) is 1. The Morgan fingerprint density at radius 3 is 2.89 bits per heavy atom. The summed E-state index contributed by atoms with van der Waals surface area (Å²) in [5.41, 5.74) is 3.18. The van der Waals surface area contributed by atoms with Crippen molar-refractivity contribution in [3.63, 3.8) is 0 Å². The van der Waals surface area contributed by atoms with E-state index in [1.807, 2.05) is 30.1 Å². The van der Waals surface area contributed by atoms with Crippen LogP contribution in [-0.4, -0.2) is 38.6 Å². The second kappa shape index (κ2) is 7.76. The van der Waals surface area contributed by atoms with E-state index >= 15 is 0 Å². The van der Waals surface area contributed by atoms with E-state index in [4.69, 9.17) is 11.6 Å². The van der Waals surface area contributed by atoms with Gasteiger partial charge in [0.05, 0.1) is 27.3 Å². The molecule has 0 aromatic heterocycles. The van der Waals surface area contributed by atoms with Gasteiger partial charge in [0.2, 0.25) is 10.0 Å². The number of halogens is 1. The molecule has 0 amide bonds. The lowest BCUT2D eigenvalue weighted by atomic mass is 10.1. The molecule has 1 heterocycles. The molecule has 1 aliphatic heterocycles. The lowest BCUT2D eigenvalue weighted by Crippen LogP contribution is -2.33. The summed E-state index contributed by atoms with van der Waals surface area (Å²) in [5, 5.41) is 4.15. The fourth-order valence-corrected chi connectivity index (χ4v) is 7.17. The first kappa shape index (κ1) is 19.8. The number of aryl methyl sites for hydroxylation is 1. The van der Waals surface area contributed by atoms with Crippen LogP contribution in [0.1, 0.15) is 23.6 Å². The summed E-state index contributed by atoms with van der Waals surface area (Å²) in [6, 6.07) is 11.1. The minimum Gasteiger partial charge on any atom is -0.361 e. The van der Waals surface area contributed by atoms with E-state index in [1.165, 1.54) is 17.2 Å². The van der Waals surface area contributed by atoms with Crippen LogP contribution >= 0.6 is 11.6 Å². The van der Waals surface area contributed by atoms with Gasteiger partial charge in [0.25, 0.3) is 0 Å². The van der Waals surface area contributed by atoms with E-state index in [0.29, 0.717) is 23.0 Å². The van der Waals surface area contributed by atoms with Crippen LogP contribution in [0.4, 0.5) is 5.69 Å². The second-order valence-electron chi connectivity index (χ2n) is 7.06. The van der Waals surface area contributed by atoms with Crippen molar-refractivity contribution in [2.75, 3.05) is 30.9 Å². The minimum atomic E-state index is -3.73. The van der Waals surface area contributed by atoms with Crippen LogP contribution in [0.3, 0.4) is 0 Å². The fraction of sp³-hybridized carbons (Fsp3) is 0.368. The van der Waals surface area contributed by atoms with E-state index in [-0.39, 0.29) is 17.5 Å². The Hall–Kier alpha value is -1.45. The molecule has 0 radical (unpaired) electrons. The second-order valence-corrected chi connectivity index (χ2v) is 10.6. The Balaban J connectivity index is 1.40. The molecule has 0 fully saturated rings. The van der Waals surface area contributed by atoms with E-state index < -0.39 is 20.8 Å². The third-order valence-electron chi connectivity index (χ3n) is 5.19. The van der Waals surface area contributed by atoms with Gasteiger partial charge >= 0.3 is 0 Å². The monoisotopic (exact) mass is 439 g/mol. The van der Waals surface area contributed by atoms with Crippen molar-refractivity contribution in [1.82, 2.24) is 10.0 Å². The number of nitrogens with one attached hydrogen (secondary N) is 2. The first-order valence-electron chi connectivity index (χ1n) is 9.11. The molecule has 9 heteroatoms. The van der Waals surface area contributed by atoms with E-state index in [2.05, 4.69) is 10.0 Å². The molecule has 150 valence electrons. The lowest BCUT2D eigenvalue weighted by Gasteiger charge is -2.15. The largest absolute Gasteiger partial charge is 0.361 e. The van der Waals surface area contributed by atoms with Crippen LogP contribution in [0.25, 0.3) is 0 Å². The van der Waals surface area contributed by atoms with Crippen molar-refractivity contribution in [2.24, 2.45) is 0 Å². The average molecular weight is 440 g/mol. The molecular formula is C19H22ClN3O3S2. The van der Waals surface area contributed by atoms with Crippen LogP contribution in [-0.2, 0) is 27.2 Å². The van der Waals surface area contributed by atoms with Gasteiger partial charge in [0.1, 0.15) is 4.90 Å². The molecule has 2 aromatic carbocycles. The highest BCUT2D eigenvalue weighted by molar-refractivity contribution is 7.91. The first-order chi connectivity index (χ1) is 13.4. The molecule has 4 rings (SSSR count). The fourth-order valence-electron chi connectivity index (χ4n) is 3.86. The SMILES string of the molecule is CN1CS(=O)c2c1cccc2S(=O)(=O)NCCNC1CCc2cc(Cl)ccc21. The predicted octanol–water partition coefficient (Wildman–Crippen LogP) is 2.41. The molecule has 6 nitrogen and oxygen atoms in total. The molecule has 2 atom stereocenters. The maximum atomic E-state index is 12.8. The van der Waals surface area contributed by atoms with Crippen molar-refractivity contribution in [1.29, 1.82) is 0 Å². The molecule has 0 bridgehead atoms. The molecule has 0 spiro atoms. The normalized spacial score (nSPS) is 21.0. The Morgan fingerprint density at radius 2 is 2.07 bits per heavy atom. The average Bonchev–Trinajstić information content (AvgIpc) is 3.19. The lowest BCUT2D eigenvalue weighted by molar-refractivity contribution is 0.524. The van der Waals surface area contributed by atoms with Crippen molar-refractivity contribution < 1.29 is 12.6 Å². The van der Waals surface area contributed by atoms with Gasteiger partial charge in [-0.2, -0.15) is 0 Å². The molecule has 0 saturated carbocycles. The van der Waals surface area contributed by atoms with Crippen LogP contribution in [0.2, 0.25) is 5.02 Å². The molecular weight excluding hydrogens is 418 g/mol. The smallest absolute Gasteiger partial charge is 0.241 e. The summed E-state index contributed by atoms with van der Waals surface area (Å²) in [4.78, 5) is 2.32. The summed E-state index contributed by atoms with van der Waals surface area (Å²) in [6.07, 6.45) is 1.94. The van der Waals surface area contributed by atoms with Gasteiger partial charge < -0.3 is 10.2 Å². The third-order valence-corrected chi connectivity index (χ3v) is 8.56. The van der Waals surface area contributed by atoms with Crippen LogP contribution in [0.15, 0.2) is 46.2 Å². The number of sulfonamides is 1. The van der Waals surface area contributed by atoms with E-state index in [0.717, 1.165) is 17.9 Å². The molecule has 2 N–H and O–H groups in total. The van der Waals surface area contributed by atoms with Gasteiger partial charge in [0, 0.05) is 31.2 Å².